The zero-order valence-corrected chi connectivity index (χ0v) is 11.0. The lowest BCUT2D eigenvalue weighted by Gasteiger charge is -2.33. The summed E-state index contributed by atoms with van der Waals surface area (Å²) < 4.78 is 0. The van der Waals surface area contributed by atoms with E-state index in [1.807, 2.05) is 0 Å². The van der Waals surface area contributed by atoms with Crippen LogP contribution in [0.2, 0.25) is 0 Å². The number of hydrogen-bond donors (Lipinski definition) is 1. The van der Waals surface area contributed by atoms with E-state index in [1.54, 1.807) is 0 Å². The highest BCUT2D eigenvalue weighted by Crippen LogP contribution is 2.25. The number of rotatable bonds is 2. The third-order valence-corrected chi connectivity index (χ3v) is 4.14. The lowest BCUT2D eigenvalue weighted by molar-refractivity contribution is 0.506. The molecule has 3 nitrogen and oxygen atoms in total. The first-order valence-corrected chi connectivity index (χ1v) is 7.18. The van der Waals surface area contributed by atoms with Crippen molar-refractivity contribution >= 4 is 11.4 Å². The van der Waals surface area contributed by atoms with Crippen molar-refractivity contribution in [1.82, 2.24) is 0 Å². The molecule has 2 aliphatic heterocycles. The van der Waals surface area contributed by atoms with E-state index in [-0.39, 0.29) is 0 Å². The van der Waals surface area contributed by atoms with E-state index in [0.717, 1.165) is 13.1 Å². The first-order valence-electron chi connectivity index (χ1n) is 7.18. The molecule has 0 spiro atoms. The first-order chi connectivity index (χ1) is 8.83. The summed E-state index contributed by atoms with van der Waals surface area (Å²) in [7, 11) is 0. The van der Waals surface area contributed by atoms with Crippen molar-refractivity contribution in [2.75, 3.05) is 36.0 Å². The van der Waals surface area contributed by atoms with Gasteiger partial charge in [-0.15, -0.1) is 0 Å². The van der Waals surface area contributed by atoms with Gasteiger partial charge in [-0.25, -0.2) is 0 Å². The second kappa shape index (κ2) is 5.19. The second-order valence-electron chi connectivity index (χ2n) is 5.56. The molecule has 0 amide bonds. The molecule has 3 rings (SSSR count). The number of hydrogen-bond acceptors (Lipinski definition) is 3. The minimum Gasteiger partial charge on any atom is -0.372 e. The number of nitrogens with zero attached hydrogens (tertiary/aromatic N) is 2. The van der Waals surface area contributed by atoms with Crippen LogP contribution >= 0.6 is 0 Å². The van der Waals surface area contributed by atoms with Crippen LogP contribution in [0.5, 0.6) is 0 Å². The summed E-state index contributed by atoms with van der Waals surface area (Å²) in [5.41, 5.74) is 8.74. The van der Waals surface area contributed by atoms with E-state index in [2.05, 4.69) is 34.1 Å². The third kappa shape index (κ3) is 2.46. The number of benzene rings is 1. The van der Waals surface area contributed by atoms with E-state index in [0.29, 0.717) is 6.04 Å². The minimum atomic E-state index is 0.344. The average molecular weight is 245 g/mol. The molecule has 1 atom stereocenters. The van der Waals surface area contributed by atoms with Gasteiger partial charge in [0.2, 0.25) is 0 Å². The van der Waals surface area contributed by atoms with Gasteiger partial charge in [-0.2, -0.15) is 0 Å². The molecule has 1 aromatic rings. The topological polar surface area (TPSA) is 32.5 Å². The van der Waals surface area contributed by atoms with Crippen molar-refractivity contribution < 1.29 is 0 Å². The normalized spacial score (nSPS) is 24.6. The summed E-state index contributed by atoms with van der Waals surface area (Å²) >= 11 is 0. The first kappa shape index (κ1) is 11.8. The molecule has 1 aromatic carbocycles. The maximum Gasteiger partial charge on any atom is 0.0368 e. The van der Waals surface area contributed by atoms with Gasteiger partial charge >= 0.3 is 0 Å². The predicted molar refractivity (Wildman–Crippen MR) is 77.3 cm³/mol. The summed E-state index contributed by atoms with van der Waals surface area (Å²) in [5.74, 6) is 0. The van der Waals surface area contributed by atoms with Gasteiger partial charge in [-0.1, -0.05) is 0 Å². The Labute approximate surface area is 110 Å². The van der Waals surface area contributed by atoms with Gasteiger partial charge in [0, 0.05) is 43.6 Å². The Balaban J connectivity index is 1.70. The molecule has 2 N–H and O–H groups in total. The van der Waals surface area contributed by atoms with Gasteiger partial charge in [-0.3, -0.25) is 0 Å². The molecule has 0 bridgehead atoms. The number of anilines is 2. The van der Waals surface area contributed by atoms with Gasteiger partial charge in [0.1, 0.15) is 0 Å². The fraction of sp³-hybridized carbons (Fsp3) is 0.600. The van der Waals surface area contributed by atoms with Crippen LogP contribution in [0.4, 0.5) is 11.4 Å². The molecule has 1 unspecified atom stereocenters. The molecule has 2 heterocycles. The Morgan fingerprint density at radius 1 is 0.833 bits per heavy atom. The summed E-state index contributed by atoms with van der Waals surface area (Å²) in [5, 5.41) is 0. The molecule has 0 saturated carbocycles. The van der Waals surface area contributed by atoms with Crippen LogP contribution in [0.1, 0.15) is 25.7 Å². The predicted octanol–water partition coefficient (Wildman–Crippen LogP) is 2.21. The molecule has 0 aliphatic carbocycles. The summed E-state index contributed by atoms with van der Waals surface area (Å²) in [6, 6.07) is 9.39. The maximum absolute atomic E-state index is 6.04. The second-order valence-corrected chi connectivity index (χ2v) is 5.56. The molecule has 98 valence electrons. The molecule has 2 saturated heterocycles. The molecule has 3 heteroatoms. The van der Waals surface area contributed by atoms with Gasteiger partial charge in [0.05, 0.1) is 0 Å². The van der Waals surface area contributed by atoms with E-state index in [9.17, 15) is 0 Å². The fourth-order valence-electron chi connectivity index (χ4n) is 3.09. The maximum atomic E-state index is 6.04. The Hall–Kier alpha value is -1.22. The van der Waals surface area contributed by atoms with E-state index < -0.39 is 0 Å². The van der Waals surface area contributed by atoms with Crippen LogP contribution in [0.3, 0.4) is 0 Å². The summed E-state index contributed by atoms with van der Waals surface area (Å²) in [4.78, 5) is 4.90. The third-order valence-electron chi connectivity index (χ3n) is 4.14. The molecule has 2 aliphatic rings. The highest BCUT2D eigenvalue weighted by Gasteiger charge is 2.17. The molecule has 18 heavy (non-hydrogen) atoms. The Bertz CT molecular complexity index is 381. The Kier molecular flexibility index (Phi) is 3.41. The Morgan fingerprint density at radius 3 is 2.00 bits per heavy atom. The SMILES string of the molecule is NC1CCCN(c2ccc(N3CCCC3)cc2)C1. The van der Waals surface area contributed by atoms with Crippen molar-refractivity contribution in [3.8, 4) is 0 Å². The van der Waals surface area contributed by atoms with E-state index in [4.69, 9.17) is 5.73 Å². The van der Waals surface area contributed by atoms with Crippen molar-refractivity contribution in [1.29, 1.82) is 0 Å². The number of nitrogens with two attached hydrogens (primary N) is 1. The zero-order chi connectivity index (χ0) is 12.4. The van der Waals surface area contributed by atoms with Crippen molar-refractivity contribution in [3.63, 3.8) is 0 Å². The molecule has 0 radical (unpaired) electrons. The Morgan fingerprint density at radius 2 is 1.39 bits per heavy atom. The highest BCUT2D eigenvalue weighted by molar-refractivity contribution is 5.57. The lowest BCUT2D eigenvalue weighted by Crippen LogP contribution is -2.42. The van der Waals surface area contributed by atoms with Crippen LogP contribution in [0.25, 0.3) is 0 Å². The van der Waals surface area contributed by atoms with Gasteiger partial charge in [-0.05, 0) is 49.9 Å². The monoisotopic (exact) mass is 245 g/mol. The van der Waals surface area contributed by atoms with Crippen LogP contribution < -0.4 is 15.5 Å². The van der Waals surface area contributed by atoms with Crippen molar-refractivity contribution in [2.24, 2.45) is 5.73 Å². The van der Waals surface area contributed by atoms with Crippen LogP contribution in [-0.4, -0.2) is 32.2 Å². The minimum absolute atomic E-state index is 0.344. The van der Waals surface area contributed by atoms with Crippen LogP contribution in [0.15, 0.2) is 24.3 Å². The van der Waals surface area contributed by atoms with Crippen LogP contribution in [0, 0.1) is 0 Å². The summed E-state index contributed by atoms with van der Waals surface area (Å²) in [6.07, 6.45) is 5.06. The lowest BCUT2D eigenvalue weighted by atomic mass is 10.1. The molecular weight excluding hydrogens is 222 g/mol. The number of piperidine rings is 1. The molecule has 0 aromatic heterocycles. The fourth-order valence-corrected chi connectivity index (χ4v) is 3.09. The van der Waals surface area contributed by atoms with Crippen molar-refractivity contribution in [2.45, 2.75) is 31.7 Å². The molecular formula is C15H23N3. The molecule has 2 fully saturated rings. The van der Waals surface area contributed by atoms with Gasteiger partial charge in [0.15, 0.2) is 0 Å². The van der Waals surface area contributed by atoms with Crippen LogP contribution in [-0.2, 0) is 0 Å². The summed E-state index contributed by atoms with van der Waals surface area (Å²) in [6.45, 7) is 4.59. The quantitative estimate of drug-likeness (QED) is 0.867. The highest BCUT2D eigenvalue weighted by atomic mass is 15.2. The van der Waals surface area contributed by atoms with E-state index >= 15 is 0 Å². The zero-order valence-electron chi connectivity index (χ0n) is 11.0. The average Bonchev–Trinajstić information content (AvgIpc) is 2.93. The van der Waals surface area contributed by atoms with E-state index in [1.165, 1.54) is 50.1 Å². The standard InChI is InChI=1S/C15H23N3/c16-13-4-3-11-18(12-13)15-7-5-14(6-8-15)17-9-1-2-10-17/h5-8,13H,1-4,9-12,16H2. The van der Waals surface area contributed by atoms with Crippen molar-refractivity contribution in [3.05, 3.63) is 24.3 Å². The van der Waals surface area contributed by atoms with Gasteiger partial charge in [0.25, 0.3) is 0 Å². The largest absolute Gasteiger partial charge is 0.372 e. The smallest absolute Gasteiger partial charge is 0.0368 e. The van der Waals surface area contributed by atoms with Gasteiger partial charge < -0.3 is 15.5 Å².